The molecule has 0 radical (unpaired) electrons. The fourth-order valence-corrected chi connectivity index (χ4v) is 9.72. The number of benzene rings is 9. The molecule has 0 fully saturated rings. The van der Waals surface area contributed by atoms with E-state index in [0.717, 1.165) is 65.1 Å². The van der Waals surface area contributed by atoms with E-state index in [1.807, 2.05) is 85.1 Å². The van der Waals surface area contributed by atoms with Gasteiger partial charge >= 0.3 is 0 Å². The number of hydrogen-bond acceptors (Lipinski definition) is 3. The van der Waals surface area contributed by atoms with Gasteiger partial charge in [-0.25, -0.2) is 9.36 Å². The highest BCUT2D eigenvalue weighted by Gasteiger charge is 2.26. The van der Waals surface area contributed by atoms with E-state index in [9.17, 15) is 0 Å². The van der Waals surface area contributed by atoms with E-state index in [1.54, 1.807) is 109 Å². The number of pyridine rings is 1. The quantitative estimate of drug-likeness (QED) is 0.121. The fraction of sp³-hybridized carbons (Fsp3) is 0. The summed E-state index contributed by atoms with van der Waals surface area (Å²) in [6, 6.07) is 76.0. The average Bonchev–Trinajstić information content (AvgIpc) is 3.94. The van der Waals surface area contributed by atoms with Crippen molar-refractivity contribution in [2.45, 2.75) is 0 Å². The Bertz CT molecular complexity index is 3830. The number of rotatable bonds is 11. The Labute approximate surface area is 424 Å². The molecule has 74 heavy (non-hydrogen) atoms. The van der Waals surface area contributed by atoms with Crippen molar-refractivity contribution in [3.8, 4) is 112 Å². The Kier molecular flexibility index (Phi) is 11.9. The second-order valence-corrected chi connectivity index (χ2v) is 17.8. The van der Waals surface area contributed by atoms with Crippen LogP contribution < -0.4 is 0 Å². The van der Waals surface area contributed by atoms with Gasteiger partial charge in [0.15, 0.2) is 0 Å². The third-order valence-corrected chi connectivity index (χ3v) is 13.3. The number of para-hydroxylation sites is 2. The highest BCUT2D eigenvalue weighted by molar-refractivity contribution is 5.94. The third kappa shape index (κ3) is 8.56. The van der Waals surface area contributed by atoms with Crippen molar-refractivity contribution in [2.75, 3.05) is 0 Å². The maximum Gasteiger partial charge on any atom is 0.244 e. The Hall–Kier alpha value is -9.73. The second-order valence-electron chi connectivity index (χ2n) is 17.8. The molecule has 354 valence electrons. The first-order chi connectivity index (χ1) is 36.4. The van der Waals surface area contributed by atoms with Crippen LogP contribution in [0.4, 0.5) is 17.6 Å². The van der Waals surface area contributed by atoms with Gasteiger partial charge < -0.3 is 0 Å². The van der Waals surface area contributed by atoms with E-state index >= 15 is 17.6 Å². The van der Waals surface area contributed by atoms with Crippen LogP contribution in [-0.2, 0) is 0 Å². The number of hydrogen-bond donors (Lipinski definition) is 0. The zero-order valence-corrected chi connectivity index (χ0v) is 39.4. The lowest BCUT2D eigenvalue weighted by Crippen LogP contribution is -2.00. The summed E-state index contributed by atoms with van der Waals surface area (Å²) in [5, 5.41) is 8.00. The van der Waals surface area contributed by atoms with Crippen LogP contribution in [0.15, 0.2) is 249 Å². The summed E-state index contributed by atoms with van der Waals surface area (Å²) in [7, 11) is 0. The molecule has 0 atom stereocenters. The van der Waals surface area contributed by atoms with Gasteiger partial charge in [0.2, 0.25) is 23.8 Å². The summed E-state index contributed by atoms with van der Waals surface area (Å²) in [4.78, 5) is 4.99. The first kappa shape index (κ1) is 45.4. The van der Waals surface area contributed by atoms with Gasteiger partial charge in [0.1, 0.15) is 0 Å². The molecule has 3 heterocycles. The number of halogens is 4. The maximum atomic E-state index is 16.6. The van der Waals surface area contributed by atoms with Crippen LogP contribution in [0.1, 0.15) is 0 Å². The molecule has 0 N–H and O–H groups in total. The topological polar surface area (TPSA) is 48.5 Å². The molecule has 12 aromatic rings. The molecule has 5 nitrogen and oxygen atoms in total. The molecule has 0 aliphatic heterocycles. The lowest BCUT2D eigenvalue weighted by molar-refractivity contribution is 0.526. The van der Waals surface area contributed by atoms with Crippen molar-refractivity contribution in [3.05, 3.63) is 273 Å². The third-order valence-electron chi connectivity index (χ3n) is 13.3. The molecule has 0 unspecified atom stereocenters. The minimum atomic E-state index is -0.979. The largest absolute Gasteiger partial charge is 0.256 e. The summed E-state index contributed by atoms with van der Waals surface area (Å²) < 4.78 is 67.4. The standard InChI is InChI=1S/C65H41F4N5/c66-62-60(64(68)73(71-62)51-21-6-2-7-22-51)57-29-14-12-27-55(57)49-38-48(39-50(40-49)56-28-13-15-30-58(56)61-63(67)72-74(65(61)69)52-23-8-3-9-24-52)54-26-11-10-25-53(54)47-35-36-59(70-41-47)46-20-16-19-45(37-46)44-33-31-43(32-34-44)42-17-4-1-5-18-42/h1-41H. The Morgan fingerprint density at radius 3 is 1.07 bits per heavy atom. The van der Waals surface area contributed by atoms with Gasteiger partial charge in [-0.2, -0.15) is 17.6 Å². The van der Waals surface area contributed by atoms with Crippen LogP contribution in [0.2, 0.25) is 0 Å². The Balaban J connectivity index is 0.973. The molecule has 0 aliphatic carbocycles. The highest BCUT2D eigenvalue weighted by Crippen LogP contribution is 2.44. The second kappa shape index (κ2) is 19.5. The summed E-state index contributed by atoms with van der Waals surface area (Å²) in [6.07, 6.45) is 1.86. The molecule has 9 heteroatoms. The first-order valence-corrected chi connectivity index (χ1v) is 24.0. The Morgan fingerprint density at radius 2 is 0.608 bits per heavy atom. The molecule has 9 aromatic carbocycles. The lowest BCUT2D eigenvalue weighted by Gasteiger charge is -2.17. The van der Waals surface area contributed by atoms with Crippen LogP contribution in [-0.4, -0.2) is 24.5 Å². The van der Waals surface area contributed by atoms with Crippen molar-refractivity contribution in [2.24, 2.45) is 0 Å². The van der Waals surface area contributed by atoms with E-state index in [4.69, 9.17) is 4.98 Å². The van der Waals surface area contributed by atoms with Gasteiger partial charge in [-0.15, -0.1) is 10.2 Å². The molecule has 0 aliphatic rings. The minimum absolute atomic E-state index is 0.267. The van der Waals surface area contributed by atoms with Gasteiger partial charge in [0.25, 0.3) is 0 Å². The fourth-order valence-electron chi connectivity index (χ4n) is 9.72. The van der Waals surface area contributed by atoms with Gasteiger partial charge in [0.05, 0.1) is 28.2 Å². The molecular weight excluding hydrogens is 927 g/mol. The molecule has 0 saturated heterocycles. The SMILES string of the molecule is Fc1nn(-c2ccccc2)c(F)c1-c1ccccc1-c1cc(-c2ccccc2-c2ccc(-c3cccc(-c4ccc(-c5ccccc5)cc4)c3)nc2)cc(-c2ccccc2-c2c(F)nn(-c3ccccc3)c2F)c1. The van der Waals surface area contributed by atoms with E-state index in [0.29, 0.717) is 33.6 Å². The van der Waals surface area contributed by atoms with Crippen molar-refractivity contribution >= 4 is 0 Å². The number of aromatic nitrogens is 5. The molecule has 0 saturated carbocycles. The van der Waals surface area contributed by atoms with Gasteiger partial charge in [-0.3, -0.25) is 4.98 Å². The summed E-state index contributed by atoms with van der Waals surface area (Å²) in [6.45, 7) is 0. The zero-order chi connectivity index (χ0) is 50.1. The zero-order valence-electron chi connectivity index (χ0n) is 39.4. The molecule has 3 aromatic heterocycles. The van der Waals surface area contributed by atoms with Crippen LogP contribution in [0.25, 0.3) is 112 Å². The van der Waals surface area contributed by atoms with Crippen molar-refractivity contribution < 1.29 is 17.6 Å². The molecular formula is C65H41F4N5. The summed E-state index contributed by atoms with van der Waals surface area (Å²) in [5.74, 6) is -3.69. The van der Waals surface area contributed by atoms with E-state index in [-0.39, 0.29) is 22.3 Å². The van der Waals surface area contributed by atoms with Crippen molar-refractivity contribution in [3.63, 3.8) is 0 Å². The van der Waals surface area contributed by atoms with Crippen molar-refractivity contribution in [1.82, 2.24) is 24.5 Å². The lowest BCUT2D eigenvalue weighted by atomic mass is 9.86. The first-order valence-electron chi connectivity index (χ1n) is 24.0. The Morgan fingerprint density at radius 1 is 0.270 bits per heavy atom. The molecule has 0 bridgehead atoms. The van der Waals surface area contributed by atoms with E-state index < -0.39 is 23.8 Å². The van der Waals surface area contributed by atoms with Gasteiger partial charge in [-0.05, 0) is 127 Å². The average molecular weight is 968 g/mol. The van der Waals surface area contributed by atoms with E-state index in [1.165, 1.54) is 0 Å². The van der Waals surface area contributed by atoms with Crippen LogP contribution in [0.5, 0.6) is 0 Å². The monoisotopic (exact) mass is 967 g/mol. The summed E-state index contributed by atoms with van der Waals surface area (Å²) >= 11 is 0. The van der Waals surface area contributed by atoms with Gasteiger partial charge in [-0.1, -0.05) is 188 Å². The smallest absolute Gasteiger partial charge is 0.244 e. The normalized spacial score (nSPS) is 11.2. The van der Waals surface area contributed by atoms with Crippen LogP contribution >= 0.6 is 0 Å². The summed E-state index contributed by atoms with van der Waals surface area (Å²) in [5.41, 5.74) is 12.4. The predicted octanol–water partition coefficient (Wildman–Crippen LogP) is 17.0. The molecule has 12 rings (SSSR count). The molecule has 0 spiro atoms. The predicted molar refractivity (Wildman–Crippen MR) is 287 cm³/mol. The van der Waals surface area contributed by atoms with Crippen LogP contribution in [0, 0.1) is 23.8 Å². The van der Waals surface area contributed by atoms with Crippen molar-refractivity contribution in [1.29, 1.82) is 0 Å². The minimum Gasteiger partial charge on any atom is -0.256 e. The number of nitrogens with zero attached hydrogens (tertiary/aromatic N) is 5. The highest BCUT2D eigenvalue weighted by atomic mass is 19.1. The van der Waals surface area contributed by atoms with E-state index in [2.05, 4.69) is 64.8 Å². The molecule has 0 amide bonds. The maximum absolute atomic E-state index is 16.6. The van der Waals surface area contributed by atoms with Gasteiger partial charge in [0, 0.05) is 17.3 Å². The van der Waals surface area contributed by atoms with Crippen LogP contribution in [0.3, 0.4) is 0 Å².